The lowest BCUT2D eigenvalue weighted by Gasteiger charge is -2.30. The molecule has 2 fully saturated rings. The van der Waals surface area contributed by atoms with E-state index in [1.807, 2.05) is 17.9 Å². The van der Waals surface area contributed by atoms with Crippen LogP contribution >= 0.6 is 0 Å². The zero-order chi connectivity index (χ0) is 11.0. The first-order valence-corrected chi connectivity index (χ1v) is 6.57. The Morgan fingerprint density at radius 2 is 2.12 bits per heavy atom. The Morgan fingerprint density at radius 3 is 2.81 bits per heavy atom. The molecule has 3 rings (SSSR count). The number of rotatable bonds is 3. The van der Waals surface area contributed by atoms with Gasteiger partial charge in [0.2, 0.25) is 0 Å². The van der Waals surface area contributed by atoms with E-state index in [1.165, 1.54) is 44.3 Å². The van der Waals surface area contributed by atoms with E-state index in [2.05, 4.69) is 16.5 Å². The number of hydrogen-bond acceptors (Lipinski definition) is 2. The van der Waals surface area contributed by atoms with Crippen LogP contribution in [0, 0.1) is 11.8 Å². The molecule has 88 valence electrons. The molecule has 0 aromatic carbocycles. The molecule has 16 heavy (non-hydrogen) atoms. The highest BCUT2D eigenvalue weighted by atomic mass is 15.3. The molecule has 2 saturated carbocycles. The van der Waals surface area contributed by atoms with Crippen LogP contribution in [0.3, 0.4) is 0 Å². The van der Waals surface area contributed by atoms with Gasteiger partial charge in [0.05, 0.1) is 6.20 Å². The van der Waals surface area contributed by atoms with E-state index in [0.29, 0.717) is 6.04 Å². The van der Waals surface area contributed by atoms with Gasteiger partial charge in [-0.1, -0.05) is 12.8 Å². The minimum absolute atomic E-state index is 0.676. The lowest BCUT2D eigenvalue weighted by atomic mass is 9.83. The first kappa shape index (κ1) is 10.2. The molecule has 1 aromatic heterocycles. The van der Waals surface area contributed by atoms with Crippen molar-refractivity contribution in [3.63, 3.8) is 0 Å². The van der Waals surface area contributed by atoms with Crippen molar-refractivity contribution in [2.75, 3.05) is 5.32 Å². The maximum atomic E-state index is 4.20. The molecule has 0 saturated heterocycles. The summed E-state index contributed by atoms with van der Waals surface area (Å²) in [6.45, 7) is 0. The molecule has 1 heterocycles. The fourth-order valence-electron chi connectivity index (χ4n) is 3.08. The van der Waals surface area contributed by atoms with Gasteiger partial charge in [-0.25, -0.2) is 0 Å². The number of hydrogen-bond donors (Lipinski definition) is 1. The van der Waals surface area contributed by atoms with E-state index in [-0.39, 0.29) is 0 Å². The van der Waals surface area contributed by atoms with Crippen molar-refractivity contribution in [1.29, 1.82) is 0 Å². The Kier molecular flexibility index (Phi) is 2.62. The molecule has 0 radical (unpaired) electrons. The third kappa shape index (κ3) is 2.08. The predicted octanol–water partition coefficient (Wildman–Crippen LogP) is 2.80. The number of anilines is 1. The summed E-state index contributed by atoms with van der Waals surface area (Å²) in [4.78, 5) is 0. The van der Waals surface area contributed by atoms with E-state index < -0.39 is 0 Å². The van der Waals surface area contributed by atoms with E-state index >= 15 is 0 Å². The van der Waals surface area contributed by atoms with Crippen LogP contribution in [-0.2, 0) is 7.05 Å². The van der Waals surface area contributed by atoms with Crippen molar-refractivity contribution >= 4 is 5.82 Å². The van der Waals surface area contributed by atoms with Gasteiger partial charge in [0.1, 0.15) is 5.82 Å². The minimum Gasteiger partial charge on any atom is -0.368 e. The highest BCUT2D eigenvalue weighted by Crippen LogP contribution is 2.44. The van der Waals surface area contributed by atoms with Gasteiger partial charge in [-0.15, -0.1) is 0 Å². The molecule has 2 aliphatic carbocycles. The average Bonchev–Trinajstić information content (AvgIpc) is 3.06. The van der Waals surface area contributed by atoms with E-state index in [4.69, 9.17) is 0 Å². The second-order valence-electron chi connectivity index (χ2n) is 5.45. The van der Waals surface area contributed by atoms with Crippen LogP contribution in [0.2, 0.25) is 0 Å². The molecular formula is C13H21N3. The van der Waals surface area contributed by atoms with E-state index in [1.54, 1.807) is 0 Å². The predicted molar refractivity (Wildman–Crippen MR) is 65.3 cm³/mol. The van der Waals surface area contributed by atoms with Crippen LogP contribution in [-0.4, -0.2) is 15.8 Å². The second kappa shape index (κ2) is 4.11. The van der Waals surface area contributed by atoms with Crippen molar-refractivity contribution in [2.45, 2.75) is 44.6 Å². The zero-order valence-electron chi connectivity index (χ0n) is 10.0. The Hall–Kier alpha value is -0.990. The molecule has 1 aromatic rings. The lowest BCUT2D eigenvalue weighted by Crippen LogP contribution is -2.28. The Bertz CT molecular complexity index is 354. The Morgan fingerprint density at radius 1 is 1.25 bits per heavy atom. The molecule has 1 N–H and O–H groups in total. The third-order valence-electron chi connectivity index (χ3n) is 4.18. The summed E-state index contributed by atoms with van der Waals surface area (Å²) >= 11 is 0. The van der Waals surface area contributed by atoms with Crippen molar-refractivity contribution in [3.05, 3.63) is 12.3 Å². The Labute approximate surface area is 97.2 Å². The molecular weight excluding hydrogens is 198 g/mol. The van der Waals surface area contributed by atoms with Crippen LogP contribution < -0.4 is 5.32 Å². The van der Waals surface area contributed by atoms with Gasteiger partial charge in [0, 0.05) is 19.2 Å². The smallest absolute Gasteiger partial charge is 0.124 e. The average molecular weight is 219 g/mol. The molecule has 3 nitrogen and oxygen atoms in total. The summed E-state index contributed by atoms with van der Waals surface area (Å²) in [6, 6.07) is 2.75. The lowest BCUT2D eigenvalue weighted by molar-refractivity contribution is 0.302. The van der Waals surface area contributed by atoms with Gasteiger partial charge < -0.3 is 5.32 Å². The second-order valence-corrected chi connectivity index (χ2v) is 5.45. The molecule has 0 bridgehead atoms. The maximum Gasteiger partial charge on any atom is 0.124 e. The van der Waals surface area contributed by atoms with Crippen LogP contribution in [0.5, 0.6) is 0 Å². The molecule has 2 unspecified atom stereocenters. The fourth-order valence-corrected chi connectivity index (χ4v) is 3.08. The summed E-state index contributed by atoms with van der Waals surface area (Å²) in [7, 11) is 2.00. The van der Waals surface area contributed by atoms with Crippen molar-refractivity contribution < 1.29 is 0 Å². The van der Waals surface area contributed by atoms with Gasteiger partial charge in [-0.05, 0) is 37.5 Å². The molecule has 0 spiro atoms. The van der Waals surface area contributed by atoms with Crippen LogP contribution in [0.1, 0.15) is 38.5 Å². The quantitative estimate of drug-likeness (QED) is 0.847. The number of nitrogens with zero attached hydrogens (tertiary/aromatic N) is 2. The SMILES string of the molecule is Cn1nccc1NC1CCCC(C2CC2)C1. The summed E-state index contributed by atoms with van der Waals surface area (Å²) in [5.41, 5.74) is 0. The first-order valence-electron chi connectivity index (χ1n) is 6.57. The molecule has 0 aliphatic heterocycles. The highest BCUT2D eigenvalue weighted by molar-refractivity contribution is 5.34. The molecule has 2 atom stereocenters. The van der Waals surface area contributed by atoms with Gasteiger partial charge in [-0.2, -0.15) is 5.10 Å². The first-order chi connectivity index (χ1) is 7.83. The summed E-state index contributed by atoms with van der Waals surface area (Å²) in [5.74, 6) is 3.23. The highest BCUT2D eigenvalue weighted by Gasteiger charge is 2.34. The van der Waals surface area contributed by atoms with Crippen LogP contribution in [0.25, 0.3) is 0 Å². The zero-order valence-corrected chi connectivity index (χ0v) is 10.0. The normalized spacial score (nSPS) is 30.3. The largest absolute Gasteiger partial charge is 0.368 e. The van der Waals surface area contributed by atoms with Gasteiger partial charge in [0.15, 0.2) is 0 Å². The van der Waals surface area contributed by atoms with Gasteiger partial charge in [-0.3, -0.25) is 4.68 Å². The fraction of sp³-hybridized carbons (Fsp3) is 0.769. The van der Waals surface area contributed by atoms with Crippen LogP contribution in [0.15, 0.2) is 12.3 Å². The molecule has 0 amide bonds. The minimum atomic E-state index is 0.676. The summed E-state index contributed by atoms with van der Waals surface area (Å²) in [6.07, 6.45) is 10.4. The maximum absolute atomic E-state index is 4.20. The number of nitrogens with one attached hydrogen (secondary N) is 1. The van der Waals surface area contributed by atoms with E-state index in [0.717, 1.165) is 11.8 Å². The van der Waals surface area contributed by atoms with E-state index in [9.17, 15) is 0 Å². The Balaban J connectivity index is 1.60. The van der Waals surface area contributed by atoms with Crippen LogP contribution in [0.4, 0.5) is 5.82 Å². The number of aryl methyl sites for hydroxylation is 1. The van der Waals surface area contributed by atoms with Crippen molar-refractivity contribution in [2.24, 2.45) is 18.9 Å². The van der Waals surface area contributed by atoms with Crippen molar-refractivity contribution in [1.82, 2.24) is 9.78 Å². The van der Waals surface area contributed by atoms with Gasteiger partial charge >= 0.3 is 0 Å². The van der Waals surface area contributed by atoms with Gasteiger partial charge in [0.25, 0.3) is 0 Å². The number of aromatic nitrogens is 2. The van der Waals surface area contributed by atoms with Crippen molar-refractivity contribution in [3.8, 4) is 0 Å². The standard InChI is InChI=1S/C13H21N3/c1-16-13(7-8-14-16)15-12-4-2-3-11(9-12)10-5-6-10/h7-8,10-12,15H,2-6,9H2,1H3. The molecule has 3 heteroatoms. The summed E-state index contributed by atoms with van der Waals surface area (Å²) in [5, 5.41) is 7.84. The monoisotopic (exact) mass is 219 g/mol. The topological polar surface area (TPSA) is 29.9 Å². The summed E-state index contributed by atoms with van der Waals surface area (Å²) < 4.78 is 1.93. The third-order valence-corrected chi connectivity index (χ3v) is 4.18. The molecule has 2 aliphatic rings.